The number of hydrogen-bond donors (Lipinski definition) is 1. The third kappa shape index (κ3) is 3.31. The normalized spacial score (nSPS) is 18.1. The van der Waals surface area contributed by atoms with Crippen molar-refractivity contribution < 1.29 is 4.39 Å². The predicted octanol–water partition coefficient (Wildman–Crippen LogP) is 3.49. The maximum atomic E-state index is 12.7. The van der Waals surface area contributed by atoms with Gasteiger partial charge in [0.25, 0.3) is 0 Å². The average molecular weight is 221 g/mol. The maximum Gasteiger partial charge on any atom is 0.123 e. The monoisotopic (exact) mass is 221 g/mol. The van der Waals surface area contributed by atoms with Gasteiger partial charge in [-0.05, 0) is 37.0 Å². The lowest BCUT2D eigenvalue weighted by Crippen LogP contribution is -2.29. The van der Waals surface area contributed by atoms with Crippen LogP contribution in [0.3, 0.4) is 0 Å². The van der Waals surface area contributed by atoms with Gasteiger partial charge in [0.1, 0.15) is 5.82 Å². The summed E-state index contributed by atoms with van der Waals surface area (Å²) in [5, 5.41) is 3.50. The van der Waals surface area contributed by atoms with Gasteiger partial charge in [-0.1, -0.05) is 31.4 Å². The maximum absolute atomic E-state index is 12.7. The van der Waals surface area contributed by atoms with Gasteiger partial charge in [0.05, 0.1) is 0 Å². The Labute approximate surface area is 97.1 Å². The molecule has 1 aromatic rings. The van der Waals surface area contributed by atoms with Crippen molar-refractivity contribution in [3.05, 3.63) is 35.6 Å². The fourth-order valence-electron chi connectivity index (χ4n) is 2.21. The summed E-state index contributed by atoms with van der Waals surface area (Å²) in [4.78, 5) is 0. The van der Waals surface area contributed by atoms with Crippen molar-refractivity contribution in [3.63, 3.8) is 0 Å². The zero-order valence-electron chi connectivity index (χ0n) is 9.88. The second-order valence-corrected chi connectivity index (χ2v) is 4.94. The highest BCUT2D eigenvalue weighted by atomic mass is 19.1. The first kappa shape index (κ1) is 11.6. The Morgan fingerprint density at radius 2 is 2.00 bits per heavy atom. The molecule has 2 rings (SSSR count). The highest BCUT2D eigenvalue weighted by molar-refractivity contribution is 5.15. The van der Waals surface area contributed by atoms with Crippen molar-refractivity contribution in [2.24, 2.45) is 5.92 Å². The number of rotatable bonds is 5. The zero-order chi connectivity index (χ0) is 11.4. The average Bonchev–Trinajstić information content (AvgIpc) is 2.23. The van der Waals surface area contributed by atoms with Crippen molar-refractivity contribution in [3.8, 4) is 0 Å². The van der Waals surface area contributed by atoms with Crippen LogP contribution in [0.4, 0.5) is 4.39 Å². The predicted molar refractivity (Wildman–Crippen MR) is 64.7 cm³/mol. The third-order valence-corrected chi connectivity index (χ3v) is 3.48. The van der Waals surface area contributed by atoms with Gasteiger partial charge in [0.15, 0.2) is 0 Å². The van der Waals surface area contributed by atoms with Crippen LogP contribution in [-0.2, 0) is 6.54 Å². The molecule has 1 aliphatic carbocycles. The van der Waals surface area contributed by atoms with E-state index in [2.05, 4.69) is 12.2 Å². The van der Waals surface area contributed by atoms with Crippen LogP contribution in [0.15, 0.2) is 24.3 Å². The molecule has 0 aliphatic heterocycles. The largest absolute Gasteiger partial charge is 0.310 e. The van der Waals surface area contributed by atoms with E-state index in [1.54, 1.807) is 0 Å². The lowest BCUT2D eigenvalue weighted by molar-refractivity contribution is 0.265. The molecule has 1 N–H and O–H groups in total. The topological polar surface area (TPSA) is 12.0 Å². The number of nitrogens with one attached hydrogen (secondary N) is 1. The highest BCUT2D eigenvalue weighted by Gasteiger charge is 2.19. The lowest BCUT2D eigenvalue weighted by atomic mass is 9.81. The quantitative estimate of drug-likeness (QED) is 0.802. The van der Waals surface area contributed by atoms with Crippen molar-refractivity contribution in [1.82, 2.24) is 5.32 Å². The first-order valence-electron chi connectivity index (χ1n) is 6.22. The second-order valence-electron chi connectivity index (χ2n) is 4.94. The molecular formula is C14H20FN. The molecular weight excluding hydrogens is 201 g/mol. The summed E-state index contributed by atoms with van der Waals surface area (Å²) in [5.74, 6) is 0.780. The van der Waals surface area contributed by atoms with E-state index < -0.39 is 0 Å². The third-order valence-electron chi connectivity index (χ3n) is 3.48. The molecule has 1 saturated carbocycles. The Balaban J connectivity index is 1.71. The summed E-state index contributed by atoms with van der Waals surface area (Å²) in [6.07, 6.45) is 5.50. The van der Waals surface area contributed by atoms with Crippen molar-refractivity contribution in [2.45, 2.75) is 45.2 Å². The van der Waals surface area contributed by atoms with Crippen LogP contribution in [0.25, 0.3) is 0 Å². The van der Waals surface area contributed by atoms with Crippen LogP contribution in [-0.4, -0.2) is 6.04 Å². The molecule has 88 valence electrons. The van der Waals surface area contributed by atoms with Crippen LogP contribution in [0, 0.1) is 11.7 Å². The molecule has 0 radical (unpaired) electrons. The molecule has 1 fully saturated rings. The lowest BCUT2D eigenvalue weighted by Gasteiger charge is -2.28. The van der Waals surface area contributed by atoms with Crippen molar-refractivity contribution in [2.75, 3.05) is 0 Å². The summed E-state index contributed by atoms with van der Waals surface area (Å²) >= 11 is 0. The molecule has 1 atom stereocenters. The van der Waals surface area contributed by atoms with Gasteiger partial charge in [0, 0.05) is 12.6 Å². The molecule has 1 nitrogen and oxygen atoms in total. The van der Waals surface area contributed by atoms with E-state index in [1.807, 2.05) is 12.1 Å². The van der Waals surface area contributed by atoms with E-state index in [0.29, 0.717) is 6.04 Å². The van der Waals surface area contributed by atoms with Crippen LogP contribution < -0.4 is 5.32 Å². The molecule has 0 spiro atoms. The van der Waals surface area contributed by atoms with Gasteiger partial charge < -0.3 is 5.32 Å². The van der Waals surface area contributed by atoms with Crippen molar-refractivity contribution >= 4 is 0 Å². The Morgan fingerprint density at radius 3 is 2.56 bits per heavy atom. The minimum atomic E-state index is -0.161. The first-order valence-corrected chi connectivity index (χ1v) is 6.22. The van der Waals surface area contributed by atoms with Gasteiger partial charge in [-0.25, -0.2) is 4.39 Å². The van der Waals surface area contributed by atoms with E-state index in [1.165, 1.54) is 37.8 Å². The summed E-state index contributed by atoms with van der Waals surface area (Å²) in [5.41, 5.74) is 1.15. The standard InChI is InChI=1S/C14H20FN/c1-11(9-12-3-2-4-12)16-10-13-5-7-14(15)8-6-13/h5-8,11-12,16H,2-4,9-10H2,1H3. The smallest absolute Gasteiger partial charge is 0.123 e. The zero-order valence-corrected chi connectivity index (χ0v) is 9.88. The van der Waals surface area contributed by atoms with Gasteiger partial charge in [-0.3, -0.25) is 0 Å². The molecule has 0 aromatic heterocycles. The fourth-order valence-corrected chi connectivity index (χ4v) is 2.21. The second kappa shape index (κ2) is 5.44. The Kier molecular flexibility index (Phi) is 3.94. The molecule has 0 amide bonds. The minimum absolute atomic E-state index is 0.161. The van der Waals surface area contributed by atoms with Crippen LogP contribution in [0.2, 0.25) is 0 Å². The molecule has 1 unspecified atom stereocenters. The summed E-state index contributed by atoms with van der Waals surface area (Å²) in [6, 6.07) is 7.30. The van der Waals surface area contributed by atoms with Crippen LogP contribution in [0.1, 0.15) is 38.2 Å². The molecule has 1 aromatic carbocycles. The summed E-state index contributed by atoms with van der Waals surface area (Å²) in [6.45, 7) is 3.08. The summed E-state index contributed by atoms with van der Waals surface area (Å²) < 4.78 is 12.7. The first-order chi connectivity index (χ1) is 7.74. The molecule has 0 bridgehead atoms. The van der Waals surface area contributed by atoms with Crippen LogP contribution in [0.5, 0.6) is 0 Å². The fraction of sp³-hybridized carbons (Fsp3) is 0.571. The van der Waals surface area contributed by atoms with E-state index >= 15 is 0 Å². The molecule has 16 heavy (non-hydrogen) atoms. The molecule has 0 saturated heterocycles. The van der Waals surface area contributed by atoms with Crippen molar-refractivity contribution in [1.29, 1.82) is 0 Å². The Morgan fingerprint density at radius 1 is 1.31 bits per heavy atom. The van der Waals surface area contributed by atoms with Crippen LogP contribution >= 0.6 is 0 Å². The Bertz CT molecular complexity index is 316. The van der Waals surface area contributed by atoms with Gasteiger partial charge in [0.2, 0.25) is 0 Å². The highest BCUT2D eigenvalue weighted by Crippen LogP contribution is 2.30. The molecule has 2 heteroatoms. The number of benzene rings is 1. The summed E-state index contributed by atoms with van der Waals surface area (Å²) in [7, 11) is 0. The Hall–Kier alpha value is -0.890. The van der Waals surface area contributed by atoms with E-state index in [-0.39, 0.29) is 5.82 Å². The molecule has 0 heterocycles. The van der Waals surface area contributed by atoms with E-state index in [9.17, 15) is 4.39 Å². The number of halogens is 1. The van der Waals surface area contributed by atoms with Gasteiger partial charge in [-0.2, -0.15) is 0 Å². The number of hydrogen-bond acceptors (Lipinski definition) is 1. The molecule has 1 aliphatic rings. The minimum Gasteiger partial charge on any atom is -0.310 e. The van der Waals surface area contributed by atoms with E-state index in [4.69, 9.17) is 0 Å². The van der Waals surface area contributed by atoms with E-state index in [0.717, 1.165) is 18.0 Å². The van der Waals surface area contributed by atoms with Gasteiger partial charge >= 0.3 is 0 Å². The SMILES string of the molecule is CC(CC1CCC1)NCc1ccc(F)cc1. The van der Waals surface area contributed by atoms with Gasteiger partial charge in [-0.15, -0.1) is 0 Å².